The van der Waals surface area contributed by atoms with Crippen LogP contribution in [0, 0.1) is 18.3 Å². The van der Waals surface area contributed by atoms with E-state index in [4.69, 9.17) is 11.2 Å². The van der Waals surface area contributed by atoms with Gasteiger partial charge in [0.15, 0.2) is 0 Å². The standard InChI is InChI=1S/C18H23N3O3/c1-4-12-24-16-7-5-6-15(13-16)19-17(22)14-8-10-21(11-9-14)18(23)20(2)3/h1,5-7,13-14H,8-12H2,2-3H3,(H,19,22). The predicted octanol–water partition coefficient (Wildman–Crippen LogP) is 2.03. The molecule has 0 radical (unpaired) electrons. The van der Waals surface area contributed by atoms with E-state index in [1.807, 2.05) is 6.07 Å². The van der Waals surface area contributed by atoms with Crippen molar-refractivity contribution in [2.75, 3.05) is 39.1 Å². The third kappa shape index (κ3) is 4.66. The fraction of sp³-hybridized carbons (Fsp3) is 0.444. The van der Waals surface area contributed by atoms with Crippen LogP contribution in [0.1, 0.15) is 12.8 Å². The average molecular weight is 329 g/mol. The SMILES string of the molecule is C#CCOc1cccc(NC(=O)C2CCN(C(=O)N(C)C)CC2)c1. The maximum absolute atomic E-state index is 12.4. The molecule has 1 aliphatic heterocycles. The van der Waals surface area contributed by atoms with Gasteiger partial charge in [0.25, 0.3) is 0 Å². The molecule has 24 heavy (non-hydrogen) atoms. The molecule has 3 amide bonds. The summed E-state index contributed by atoms with van der Waals surface area (Å²) in [4.78, 5) is 27.7. The largest absolute Gasteiger partial charge is 0.481 e. The number of rotatable bonds is 4. The summed E-state index contributed by atoms with van der Waals surface area (Å²) in [5.41, 5.74) is 0.682. The zero-order valence-electron chi connectivity index (χ0n) is 14.1. The molecule has 0 saturated carbocycles. The molecule has 0 spiro atoms. The number of benzene rings is 1. The second-order valence-electron chi connectivity index (χ2n) is 5.95. The molecule has 0 aliphatic carbocycles. The normalized spacial score (nSPS) is 14.6. The molecule has 1 saturated heterocycles. The average Bonchev–Trinajstić information content (AvgIpc) is 2.59. The second kappa shape index (κ2) is 8.25. The number of anilines is 1. The summed E-state index contributed by atoms with van der Waals surface area (Å²) in [7, 11) is 3.47. The molecule has 1 aliphatic rings. The summed E-state index contributed by atoms with van der Waals surface area (Å²) in [5.74, 6) is 2.91. The summed E-state index contributed by atoms with van der Waals surface area (Å²) < 4.78 is 5.35. The Hall–Kier alpha value is -2.68. The molecule has 1 heterocycles. The van der Waals surface area contributed by atoms with E-state index in [0.29, 0.717) is 37.4 Å². The molecule has 0 bridgehead atoms. The molecule has 1 aromatic carbocycles. The quantitative estimate of drug-likeness (QED) is 0.860. The van der Waals surface area contributed by atoms with Crippen molar-refractivity contribution in [2.45, 2.75) is 12.8 Å². The minimum Gasteiger partial charge on any atom is -0.481 e. The lowest BCUT2D eigenvalue weighted by molar-refractivity contribution is -0.121. The van der Waals surface area contributed by atoms with E-state index in [1.54, 1.807) is 42.1 Å². The van der Waals surface area contributed by atoms with E-state index in [0.717, 1.165) is 0 Å². The number of carbonyl (C=O) groups excluding carboxylic acids is 2. The molecular weight excluding hydrogens is 306 g/mol. The fourth-order valence-electron chi connectivity index (χ4n) is 2.65. The van der Waals surface area contributed by atoms with E-state index in [9.17, 15) is 9.59 Å². The molecule has 6 heteroatoms. The number of likely N-dealkylation sites (tertiary alicyclic amines) is 1. The topological polar surface area (TPSA) is 61.9 Å². The highest BCUT2D eigenvalue weighted by atomic mass is 16.5. The first-order chi connectivity index (χ1) is 11.5. The summed E-state index contributed by atoms with van der Waals surface area (Å²) in [5, 5.41) is 2.91. The predicted molar refractivity (Wildman–Crippen MR) is 92.8 cm³/mol. The van der Waals surface area contributed by atoms with Crippen molar-refractivity contribution in [3.05, 3.63) is 24.3 Å². The number of terminal acetylenes is 1. The summed E-state index contributed by atoms with van der Waals surface area (Å²) in [6.07, 6.45) is 6.50. The number of amides is 3. The van der Waals surface area contributed by atoms with Crippen molar-refractivity contribution in [3.8, 4) is 18.1 Å². The van der Waals surface area contributed by atoms with Gasteiger partial charge in [0.2, 0.25) is 5.91 Å². The first kappa shape index (κ1) is 17.7. The van der Waals surface area contributed by atoms with Gasteiger partial charge in [0, 0.05) is 44.9 Å². The van der Waals surface area contributed by atoms with Crippen LogP contribution in [0.5, 0.6) is 5.75 Å². The molecule has 1 fully saturated rings. The highest BCUT2D eigenvalue weighted by Crippen LogP contribution is 2.22. The third-order valence-corrected chi connectivity index (χ3v) is 3.94. The van der Waals surface area contributed by atoms with Gasteiger partial charge in [-0.05, 0) is 25.0 Å². The Labute approximate surface area is 142 Å². The van der Waals surface area contributed by atoms with Crippen LogP contribution in [0.25, 0.3) is 0 Å². The van der Waals surface area contributed by atoms with Gasteiger partial charge in [-0.25, -0.2) is 4.79 Å². The molecular formula is C18H23N3O3. The number of nitrogens with zero attached hydrogens (tertiary/aromatic N) is 2. The lowest BCUT2D eigenvalue weighted by Crippen LogP contribution is -2.45. The molecule has 1 aromatic rings. The molecule has 0 atom stereocenters. The van der Waals surface area contributed by atoms with Crippen LogP contribution in [0.3, 0.4) is 0 Å². The molecule has 128 valence electrons. The number of hydrogen-bond donors (Lipinski definition) is 1. The van der Waals surface area contributed by atoms with Crippen molar-refractivity contribution in [1.82, 2.24) is 9.80 Å². The van der Waals surface area contributed by atoms with E-state index < -0.39 is 0 Å². The van der Waals surface area contributed by atoms with Crippen LogP contribution in [0.15, 0.2) is 24.3 Å². The van der Waals surface area contributed by atoms with Gasteiger partial charge in [0.1, 0.15) is 12.4 Å². The van der Waals surface area contributed by atoms with Gasteiger partial charge in [-0.3, -0.25) is 4.79 Å². The number of carbonyl (C=O) groups is 2. The molecule has 1 N–H and O–H groups in total. The highest BCUT2D eigenvalue weighted by molar-refractivity contribution is 5.92. The maximum atomic E-state index is 12.4. The van der Waals surface area contributed by atoms with E-state index in [1.165, 1.54) is 0 Å². The summed E-state index contributed by atoms with van der Waals surface area (Å²) in [6.45, 7) is 1.39. The van der Waals surface area contributed by atoms with Crippen LogP contribution in [0.2, 0.25) is 0 Å². The Morgan fingerprint density at radius 1 is 1.38 bits per heavy atom. The zero-order valence-corrected chi connectivity index (χ0v) is 14.1. The molecule has 6 nitrogen and oxygen atoms in total. The van der Waals surface area contributed by atoms with Gasteiger partial charge in [-0.1, -0.05) is 12.0 Å². The highest BCUT2D eigenvalue weighted by Gasteiger charge is 2.28. The molecule has 0 unspecified atom stereocenters. The van der Waals surface area contributed by atoms with Crippen molar-refractivity contribution in [2.24, 2.45) is 5.92 Å². The van der Waals surface area contributed by atoms with Crippen LogP contribution >= 0.6 is 0 Å². The lowest BCUT2D eigenvalue weighted by atomic mass is 9.96. The van der Waals surface area contributed by atoms with Gasteiger partial charge in [-0.15, -0.1) is 6.42 Å². The van der Waals surface area contributed by atoms with E-state index >= 15 is 0 Å². The van der Waals surface area contributed by atoms with Gasteiger partial charge >= 0.3 is 6.03 Å². The van der Waals surface area contributed by atoms with Gasteiger partial charge in [0.05, 0.1) is 0 Å². The van der Waals surface area contributed by atoms with Crippen molar-refractivity contribution in [3.63, 3.8) is 0 Å². The van der Waals surface area contributed by atoms with Crippen LogP contribution < -0.4 is 10.1 Å². The Kier molecular flexibility index (Phi) is 6.07. The Morgan fingerprint density at radius 3 is 2.71 bits per heavy atom. The lowest BCUT2D eigenvalue weighted by Gasteiger charge is -2.33. The molecule has 2 rings (SSSR count). The van der Waals surface area contributed by atoms with Crippen LogP contribution in [0.4, 0.5) is 10.5 Å². The number of piperidine rings is 1. The monoisotopic (exact) mass is 329 g/mol. The minimum absolute atomic E-state index is 0.00720. The van der Waals surface area contributed by atoms with E-state index in [2.05, 4.69) is 11.2 Å². The van der Waals surface area contributed by atoms with Crippen LogP contribution in [-0.2, 0) is 4.79 Å². The van der Waals surface area contributed by atoms with Crippen molar-refractivity contribution >= 4 is 17.6 Å². The Balaban J connectivity index is 1.88. The van der Waals surface area contributed by atoms with E-state index in [-0.39, 0.29) is 24.5 Å². The summed E-state index contributed by atoms with van der Waals surface area (Å²) in [6, 6.07) is 7.15. The van der Waals surface area contributed by atoms with Gasteiger partial charge < -0.3 is 19.9 Å². The zero-order chi connectivity index (χ0) is 17.5. The van der Waals surface area contributed by atoms with Gasteiger partial charge in [-0.2, -0.15) is 0 Å². The number of ether oxygens (including phenoxy) is 1. The maximum Gasteiger partial charge on any atom is 0.319 e. The number of hydrogen-bond acceptors (Lipinski definition) is 3. The summed E-state index contributed by atoms with van der Waals surface area (Å²) >= 11 is 0. The Bertz CT molecular complexity index is 629. The number of urea groups is 1. The van der Waals surface area contributed by atoms with Crippen molar-refractivity contribution < 1.29 is 14.3 Å². The number of nitrogens with one attached hydrogen (secondary N) is 1. The first-order valence-corrected chi connectivity index (χ1v) is 7.94. The molecule has 0 aromatic heterocycles. The van der Waals surface area contributed by atoms with Crippen LogP contribution in [-0.4, -0.2) is 55.5 Å². The first-order valence-electron chi connectivity index (χ1n) is 7.94. The second-order valence-corrected chi connectivity index (χ2v) is 5.95. The Morgan fingerprint density at radius 2 is 2.08 bits per heavy atom. The minimum atomic E-state index is -0.0912. The smallest absolute Gasteiger partial charge is 0.319 e. The van der Waals surface area contributed by atoms with Crippen molar-refractivity contribution in [1.29, 1.82) is 0 Å². The third-order valence-electron chi connectivity index (χ3n) is 3.94. The fourth-order valence-corrected chi connectivity index (χ4v) is 2.65.